The van der Waals surface area contributed by atoms with E-state index in [0.29, 0.717) is 12.2 Å². The summed E-state index contributed by atoms with van der Waals surface area (Å²) in [5, 5.41) is 0. The summed E-state index contributed by atoms with van der Waals surface area (Å²) in [4.78, 5) is 0.242. The van der Waals surface area contributed by atoms with Crippen LogP contribution in [-0.4, -0.2) is 26.4 Å². The molecular weight excluding hydrogens is 358 g/mol. The predicted octanol–water partition coefficient (Wildman–Crippen LogP) is 4.34. The van der Waals surface area contributed by atoms with Gasteiger partial charge in [-0.15, -0.1) is 12.5 Å². The quantitative estimate of drug-likeness (QED) is 0.528. The standard InChI is InChI=1S/C22H25NO3S/c1-5-7-8-17-23(27(24,25)21-15-9-18(3)10-16-21)22(6-2)19-11-13-20(26-4)14-12-19/h6,9-16,22H,2,5,17H2,1,3-4H3. The molecule has 4 nitrogen and oxygen atoms in total. The van der Waals surface area contributed by atoms with Crippen molar-refractivity contribution in [1.82, 2.24) is 4.31 Å². The zero-order valence-electron chi connectivity index (χ0n) is 16.0. The Hall–Kier alpha value is -2.55. The van der Waals surface area contributed by atoms with E-state index in [1.165, 1.54) is 4.31 Å². The topological polar surface area (TPSA) is 46.6 Å². The van der Waals surface area contributed by atoms with Gasteiger partial charge in [-0.05, 0) is 36.8 Å². The number of benzene rings is 2. The minimum atomic E-state index is -3.75. The van der Waals surface area contributed by atoms with Gasteiger partial charge in [0, 0.05) is 6.42 Å². The first-order chi connectivity index (χ1) is 12.9. The fourth-order valence-electron chi connectivity index (χ4n) is 2.66. The normalized spacial score (nSPS) is 12.1. The van der Waals surface area contributed by atoms with Crippen LogP contribution in [0.4, 0.5) is 0 Å². The Morgan fingerprint density at radius 1 is 1.11 bits per heavy atom. The van der Waals surface area contributed by atoms with Gasteiger partial charge >= 0.3 is 0 Å². The highest BCUT2D eigenvalue weighted by Gasteiger charge is 2.30. The lowest BCUT2D eigenvalue weighted by Gasteiger charge is -2.27. The molecule has 0 bridgehead atoms. The summed E-state index contributed by atoms with van der Waals surface area (Å²) in [6.07, 6.45) is 2.29. The van der Waals surface area contributed by atoms with Crippen molar-refractivity contribution in [3.05, 3.63) is 72.3 Å². The van der Waals surface area contributed by atoms with E-state index in [1.54, 1.807) is 49.6 Å². The fraction of sp³-hybridized carbons (Fsp3) is 0.273. The molecule has 0 N–H and O–H groups in total. The van der Waals surface area contributed by atoms with E-state index in [1.807, 2.05) is 26.0 Å². The molecule has 142 valence electrons. The Morgan fingerprint density at radius 3 is 2.26 bits per heavy atom. The summed E-state index contributed by atoms with van der Waals surface area (Å²) >= 11 is 0. The molecule has 1 unspecified atom stereocenters. The van der Waals surface area contributed by atoms with Crippen molar-refractivity contribution in [3.8, 4) is 17.6 Å². The lowest BCUT2D eigenvalue weighted by atomic mass is 10.1. The average Bonchev–Trinajstić information content (AvgIpc) is 2.68. The van der Waals surface area contributed by atoms with Gasteiger partial charge in [0.15, 0.2) is 0 Å². The molecule has 0 saturated carbocycles. The molecule has 0 aliphatic rings. The number of aryl methyl sites for hydroxylation is 1. The summed E-state index contributed by atoms with van der Waals surface area (Å²) in [5.41, 5.74) is 1.81. The second-order valence-corrected chi connectivity index (χ2v) is 7.91. The van der Waals surface area contributed by atoms with Gasteiger partial charge in [0.1, 0.15) is 5.75 Å². The van der Waals surface area contributed by atoms with Crippen LogP contribution in [0.15, 0.2) is 66.1 Å². The molecule has 0 radical (unpaired) electrons. The third-order valence-electron chi connectivity index (χ3n) is 4.16. The summed E-state index contributed by atoms with van der Waals surface area (Å²) < 4.78 is 33.2. The van der Waals surface area contributed by atoms with Crippen molar-refractivity contribution in [1.29, 1.82) is 0 Å². The first-order valence-electron chi connectivity index (χ1n) is 8.74. The van der Waals surface area contributed by atoms with Gasteiger partial charge in [0.2, 0.25) is 10.0 Å². The van der Waals surface area contributed by atoms with E-state index in [4.69, 9.17) is 4.74 Å². The summed E-state index contributed by atoms with van der Waals surface area (Å²) in [5.74, 6) is 6.61. The fourth-order valence-corrected chi connectivity index (χ4v) is 4.15. The van der Waals surface area contributed by atoms with Crippen LogP contribution >= 0.6 is 0 Å². The molecule has 0 spiro atoms. The van der Waals surface area contributed by atoms with E-state index in [0.717, 1.165) is 11.1 Å². The Labute approximate surface area is 162 Å². The van der Waals surface area contributed by atoms with Crippen LogP contribution in [0.1, 0.15) is 30.5 Å². The number of hydrogen-bond acceptors (Lipinski definition) is 3. The summed E-state index contributed by atoms with van der Waals surface area (Å²) in [6.45, 7) is 7.81. The van der Waals surface area contributed by atoms with Crippen molar-refractivity contribution in [2.45, 2.75) is 31.2 Å². The van der Waals surface area contributed by atoms with Crippen molar-refractivity contribution < 1.29 is 13.2 Å². The highest BCUT2D eigenvalue weighted by molar-refractivity contribution is 7.89. The molecule has 0 aliphatic carbocycles. The maximum atomic E-state index is 13.3. The second kappa shape index (κ2) is 9.40. The minimum absolute atomic E-state index is 0.0900. The number of methoxy groups -OCH3 is 1. The molecular formula is C22H25NO3S. The number of ether oxygens (including phenoxy) is 1. The number of sulfonamides is 1. The Kier molecular flexibility index (Phi) is 7.23. The van der Waals surface area contributed by atoms with Gasteiger partial charge in [0.25, 0.3) is 0 Å². The van der Waals surface area contributed by atoms with Crippen LogP contribution in [0, 0.1) is 18.8 Å². The van der Waals surface area contributed by atoms with Crippen molar-refractivity contribution in [2.75, 3.05) is 13.7 Å². The number of nitrogens with zero attached hydrogens (tertiary/aromatic N) is 1. The number of hydrogen-bond donors (Lipinski definition) is 0. The van der Waals surface area contributed by atoms with Crippen LogP contribution in [0.3, 0.4) is 0 Å². The lowest BCUT2D eigenvalue weighted by molar-refractivity contribution is 0.399. The minimum Gasteiger partial charge on any atom is -0.497 e. The molecule has 0 amide bonds. The average molecular weight is 384 g/mol. The van der Waals surface area contributed by atoms with Crippen molar-refractivity contribution in [2.24, 2.45) is 0 Å². The van der Waals surface area contributed by atoms with Gasteiger partial charge in [0.05, 0.1) is 24.6 Å². The highest BCUT2D eigenvalue weighted by atomic mass is 32.2. The molecule has 2 rings (SSSR count). The third kappa shape index (κ3) is 5.00. The van der Waals surface area contributed by atoms with E-state index < -0.39 is 16.1 Å². The van der Waals surface area contributed by atoms with Gasteiger partial charge in [-0.1, -0.05) is 48.7 Å². The van der Waals surface area contributed by atoms with Crippen molar-refractivity contribution in [3.63, 3.8) is 0 Å². The molecule has 2 aromatic carbocycles. The Bertz CT molecular complexity index is 920. The van der Waals surface area contributed by atoms with E-state index in [-0.39, 0.29) is 11.4 Å². The smallest absolute Gasteiger partial charge is 0.244 e. The Balaban J connectivity index is 2.50. The molecule has 0 aromatic heterocycles. The monoisotopic (exact) mass is 383 g/mol. The SMILES string of the molecule is C=CC(c1ccc(OC)cc1)N(CC#CCC)S(=O)(=O)c1ccc(C)cc1. The molecule has 0 heterocycles. The molecule has 1 atom stereocenters. The van der Waals surface area contributed by atoms with Gasteiger partial charge in [-0.2, -0.15) is 4.31 Å². The van der Waals surface area contributed by atoms with Crippen LogP contribution in [0.2, 0.25) is 0 Å². The van der Waals surface area contributed by atoms with Gasteiger partial charge in [-0.25, -0.2) is 8.42 Å². The van der Waals surface area contributed by atoms with Crippen LogP contribution in [0.25, 0.3) is 0 Å². The van der Waals surface area contributed by atoms with E-state index in [2.05, 4.69) is 18.4 Å². The Morgan fingerprint density at radius 2 is 1.74 bits per heavy atom. The molecule has 0 aliphatic heterocycles. The second-order valence-electron chi connectivity index (χ2n) is 6.02. The summed E-state index contributed by atoms with van der Waals surface area (Å²) in [6, 6.07) is 13.6. The highest BCUT2D eigenvalue weighted by Crippen LogP contribution is 2.29. The first kappa shape index (κ1) is 20.8. The van der Waals surface area contributed by atoms with Gasteiger partial charge < -0.3 is 4.74 Å². The van der Waals surface area contributed by atoms with Crippen LogP contribution < -0.4 is 4.74 Å². The molecule has 0 saturated heterocycles. The largest absolute Gasteiger partial charge is 0.497 e. The van der Waals surface area contributed by atoms with Crippen LogP contribution in [0.5, 0.6) is 5.75 Å². The van der Waals surface area contributed by atoms with Crippen molar-refractivity contribution >= 4 is 10.0 Å². The van der Waals surface area contributed by atoms with E-state index >= 15 is 0 Å². The molecule has 27 heavy (non-hydrogen) atoms. The lowest BCUT2D eigenvalue weighted by Crippen LogP contribution is -2.34. The summed E-state index contributed by atoms with van der Waals surface area (Å²) in [7, 11) is -2.15. The predicted molar refractivity (Wildman–Crippen MR) is 109 cm³/mol. The molecule has 2 aromatic rings. The van der Waals surface area contributed by atoms with Gasteiger partial charge in [-0.3, -0.25) is 0 Å². The zero-order chi connectivity index (χ0) is 19.9. The first-order valence-corrected chi connectivity index (χ1v) is 10.2. The van der Waals surface area contributed by atoms with Crippen LogP contribution in [-0.2, 0) is 10.0 Å². The third-order valence-corrected chi connectivity index (χ3v) is 6.00. The molecule has 0 fully saturated rings. The molecule has 5 heteroatoms. The maximum absolute atomic E-state index is 13.3. The maximum Gasteiger partial charge on any atom is 0.244 e. The van der Waals surface area contributed by atoms with E-state index in [9.17, 15) is 8.42 Å². The number of rotatable bonds is 7. The zero-order valence-corrected chi connectivity index (χ0v) is 16.8.